The van der Waals surface area contributed by atoms with Crippen LogP contribution in [0, 0.1) is 5.92 Å². The first kappa shape index (κ1) is 11.9. The van der Waals surface area contributed by atoms with Gasteiger partial charge in [-0.25, -0.2) is 4.79 Å². The molecule has 2 rings (SSSR count). The molecule has 92 valence electrons. The van der Waals surface area contributed by atoms with E-state index >= 15 is 0 Å². The van der Waals surface area contributed by atoms with Crippen molar-refractivity contribution in [2.75, 3.05) is 0 Å². The summed E-state index contributed by atoms with van der Waals surface area (Å²) in [5.41, 5.74) is 0.755. The number of hydrogen-bond donors (Lipinski definition) is 1. The molecular weight excluding hydrogens is 218 g/mol. The molecule has 0 bridgehead atoms. The summed E-state index contributed by atoms with van der Waals surface area (Å²) in [6.07, 6.45) is 5.77. The quantitative estimate of drug-likeness (QED) is 0.816. The van der Waals surface area contributed by atoms with Gasteiger partial charge in [-0.2, -0.15) is 0 Å². The molecule has 0 unspecified atom stereocenters. The molecule has 0 saturated heterocycles. The van der Waals surface area contributed by atoms with E-state index in [9.17, 15) is 9.59 Å². The third-order valence-electron chi connectivity index (χ3n) is 3.47. The highest BCUT2D eigenvalue weighted by Gasteiger charge is 2.25. The van der Waals surface area contributed by atoms with Gasteiger partial charge in [0.25, 0.3) is 0 Å². The highest BCUT2D eigenvalue weighted by Crippen LogP contribution is 2.28. The van der Waals surface area contributed by atoms with E-state index in [0.29, 0.717) is 12.1 Å². The fourth-order valence-corrected chi connectivity index (χ4v) is 2.51. The molecule has 1 fully saturated rings. The van der Waals surface area contributed by atoms with Crippen molar-refractivity contribution in [3.8, 4) is 0 Å². The van der Waals surface area contributed by atoms with Crippen LogP contribution < -0.4 is 0 Å². The molecule has 1 saturated carbocycles. The number of aromatic nitrogens is 1. The maximum Gasteiger partial charge on any atom is 0.352 e. The average molecular weight is 235 g/mol. The van der Waals surface area contributed by atoms with E-state index < -0.39 is 5.97 Å². The van der Waals surface area contributed by atoms with Crippen molar-refractivity contribution in [3.05, 3.63) is 23.5 Å². The van der Waals surface area contributed by atoms with E-state index in [1.165, 1.54) is 6.07 Å². The maximum absolute atomic E-state index is 12.1. The Balaban J connectivity index is 2.26. The summed E-state index contributed by atoms with van der Waals surface area (Å²) in [4.78, 5) is 23.2. The predicted octanol–water partition coefficient (Wildman–Crippen LogP) is 2.58. The number of nitrogens with zero attached hydrogens (tertiary/aromatic N) is 1. The van der Waals surface area contributed by atoms with Crippen molar-refractivity contribution in [1.29, 1.82) is 0 Å². The van der Waals surface area contributed by atoms with E-state index in [0.717, 1.165) is 25.7 Å². The van der Waals surface area contributed by atoms with Crippen LogP contribution in [0.4, 0.5) is 0 Å². The van der Waals surface area contributed by atoms with Gasteiger partial charge in [0.2, 0.25) is 0 Å². The maximum atomic E-state index is 12.1. The van der Waals surface area contributed by atoms with E-state index in [1.54, 1.807) is 10.8 Å². The Labute approximate surface area is 100 Å². The number of carbonyl (C=O) groups excluding carboxylic acids is 1. The van der Waals surface area contributed by atoms with Crippen molar-refractivity contribution in [3.63, 3.8) is 0 Å². The molecular formula is C13H17NO3. The minimum Gasteiger partial charge on any atom is -0.477 e. The molecule has 1 heterocycles. The zero-order chi connectivity index (χ0) is 12.4. The van der Waals surface area contributed by atoms with Crippen LogP contribution in [0.2, 0.25) is 0 Å². The Morgan fingerprint density at radius 3 is 2.53 bits per heavy atom. The second-order valence-electron chi connectivity index (χ2n) is 4.55. The van der Waals surface area contributed by atoms with E-state index in [4.69, 9.17) is 5.11 Å². The molecule has 1 N–H and O–H groups in total. The van der Waals surface area contributed by atoms with Crippen LogP contribution in [0.25, 0.3) is 0 Å². The summed E-state index contributed by atoms with van der Waals surface area (Å²) in [5, 5.41) is 9.03. The molecule has 0 amide bonds. The number of rotatable bonds is 4. The molecule has 1 aromatic heterocycles. The van der Waals surface area contributed by atoms with Crippen LogP contribution in [0.3, 0.4) is 0 Å². The number of carboxylic acids is 1. The molecule has 1 aliphatic carbocycles. The number of Topliss-reactive ketones (excluding diaryl/α,β-unsaturated/α-hetero) is 1. The number of carboxylic acid groups (broad SMARTS) is 1. The van der Waals surface area contributed by atoms with Gasteiger partial charge in [-0.15, -0.1) is 0 Å². The predicted molar refractivity (Wildman–Crippen MR) is 63.4 cm³/mol. The number of aryl methyl sites for hydroxylation is 1. The zero-order valence-corrected chi connectivity index (χ0v) is 9.98. The second-order valence-corrected chi connectivity index (χ2v) is 4.55. The summed E-state index contributed by atoms with van der Waals surface area (Å²) >= 11 is 0. The van der Waals surface area contributed by atoms with Gasteiger partial charge >= 0.3 is 5.97 Å². The molecule has 17 heavy (non-hydrogen) atoms. The van der Waals surface area contributed by atoms with Gasteiger partial charge in [0.15, 0.2) is 5.78 Å². The Bertz CT molecular complexity index is 442. The highest BCUT2D eigenvalue weighted by atomic mass is 16.4. The van der Waals surface area contributed by atoms with Gasteiger partial charge < -0.3 is 9.67 Å². The van der Waals surface area contributed by atoms with Gasteiger partial charge in [-0.05, 0) is 25.8 Å². The summed E-state index contributed by atoms with van der Waals surface area (Å²) in [7, 11) is 0. The average Bonchev–Trinajstić information content (AvgIpc) is 2.97. The van der Waals surface area contributed by atoms with E-state index in [1.807, 2.05) is 6.92 Å². The van der Waals surface area contributed by atoms with Crippen molar-refractivity contribution >= 4 is 11.8 Å². The van der Waals surface area contributed by atoms with Crippen molar-refractivity contribution < 1.29 is 14.7 Å². The van der Waals surface area contributed by atoms with Crippen LogP contribution in [-0.4, -0.2) is 21.4 Å². The molecule has 0 radical (unpaired) electrons. The molecule has 0 atom stereocenters. The smallest absolute Gasteiger partial charge is 0.352 e. The first-order chi connectivity index (χ1) is 8.13. The first-order valence-electron chi connectivity index (χ1n) is 6.11. The summed E-state index contributed by atoms with van der Waals surface area (Å²) in [6.45, 7) is 2.44. The topological polar surface area (TPSA) is 59.3 Å². The van der Waals surface area contributed by atoms with Crippen molar-refractivity contribution in [2.45, 2.75) is 39.2 Å². The van der Waals surface area contributed by atoms with Crippen LogP contribution >= 0.6 is 0 Å². The second kappa shape index (κ2) is 4.73. The van der Waals surface area contributed by atoms with Gasteiger partial charge in [-0.3, -0.25) is 4.79 Å². The number of hydrogen-bond acceptors (Lipinski definition) is 2. The molecule has 0 spiro atoms. The Morgan fingerprint density at radius 1 is 1.41 bits per heavy atom. The molecule has 4 heteroatoms. The monoisotopic (exact) mass is 235 g/mol. The summed E-state index contributed by atoms with van der Waals surface area (Å²) in [6, 6.07) is 1.51. The summed E-state index contributed by atoms with van der Waals surface area (Å²) in [5.74, 6) is -0.765. The molecule has 0 aromatic carbocycles. The largest absolute Gasteiger partial charge is 0.477 e. The standard InChI is InChI=1S/C13H17NO3/c1-2-14-8-10(7-11(14)13(16)17)12(15)9-5-3-4-6-9/h7-9H,2-6H2,1H3,(H,16,17). The fourth-order valence-electron chi connectivity index (χ4n) is 2.51. The number of ketones is 1. The first-order valence-corrected chi connectivity index (χ1v) is 6.11. The van der Waals surface area contributed by atoms with Gasteiger partial charge in [0.05, 0.1) is 0 Å². The number of aromatic carboxylic acids is 1. The van der Waals surface area contributed by atoms with E-state index in [2.05, 4.69) is 0 Å². The van der Waals surface area contributed by atoms with Gasteiger partial charge in [0.1, 0.15) is 5.69 Å². The Morgan fingerprint density at radius 2 is 2.06 bits per heavy atom. The van der Waals surface area contributed by atoms with Crippen LogP contribution in [0.1, 0.15) is 53.5 Å². The third-order valence-corrected chi connectivity index (χ3v) is 3.47. The third kappa shape index (κ3) is 2.25. The lowest BCUT2D eigenvalue weighted by Crippen LogP contribution is -2.10. The van der Waals surface area contributed by atoms with Crippen molar-refractivity contribution in [2.24, 2.45) is 5.92 Å². The number of carbonyl (C=O) groups is 2. The van der Waals surface area contributed by atoms with Crippen LogP contribution in [0.5, 0.6) is 0 Å². The van der Waals surface area contributed by atoms with Crippen molar-refractivity contribution in [1.82, 2.24) is 4.57 Å². The van der Waals surface area contributed by atoms with Gasteiger partial charge in [-0.1, -0.05) is 12.8 Å². The SMILES string of the molecule is CCn1cc(C(=O)C2CCCC2)cc1C(=O)O. The van der Waals surface area contributed by atoms with Crippen LogP contribution in [-0.2, 0) is 6.54 Å². The molecule has 1 aromatic rings. The molecule has 1 aliphatic rings. The lowest BCUT2D eigenvalue weighted by atomic mass is 9.98. The lowest BCUT2D eigenvalue weighted by molar-refractivity contribution is 0.0685. The van der Waals surface area contributed by atoms with E-state index in [-0.39, 0.29) is 17.4 Å². The lowest BCUT2D eigenvalue weighted by Gasteiger charge is -2.04. The Kier molecular flexibility index (Phi) is 3.31. The van der Waals surface area contributed by atoms with Crippen LogP contribution in [0.15, 0.2) is 12.3 Å². The minimum atomic E-state index is -0.975. The minimum absolute atomic E-state index is 0.101. The fraction of sp³-hybridized carbons (Fsp3) is 0.538. The summed E-state index contributed by atoms with van der Waals surface area (Å²) < 4.78 is 1.62. The zero-order valence-electron chi connectivity index (χ0n) is 9.98. The normalized spacial score (nSPS) is 16.3. The van der Waals surface area contributed by atoms with Gasteiger partial charge in [0, 0.05) is 24.2 Å². The molecule has 0 aliphatic heterocycles. The Hall–Kier alpha value is -1.58. The highest BCUT2D eigenvalue weighted by molar-refractivity contribution is 6.00. The molecule has 4 nitrogen and oxygen atoms in total.